The molecule has 0 heteroatoms. The van der Waals surface area contributed by atoms with E-state index < -0.39 is 0 Å². The summed E-state index contributed by atoms with van der Waals surface area (Å²) in [5.74, 6) is 0. The van der Waals surface area contributed by atoms with Crippen molar-refractivity contribution in [2.45, 2.75) is 27.2 Å². The number of rotatable bonds is 2. The van der Waals surface area contributed by atoms with Gasteiger partial charge in [0.2, 0.25) is 0 Å². The fourth-order valence-electron chi connectivity index (χ4n) is 1.43. The first-order valence-electron chi connectivity index (χ1n) is 3.96. The van der Waals surface area contributed by atoms with Gasteiger partial charge in [-0.15, -0.1) is 0 Å². The third-order valence-electron chi connectivity index (χ3n) is 1.99. The zero-order chi connectivity index (χ0) is 8.27. The quantitative estimate of drug-likeness (QED) is 0.575. The van der Waals surface area contributed by atoms with Gasteiger partial charge in [0.1, 0.15) is 0 Å². The van der Waals surface area contributed by atoms with Gasteiger partial charge < -0.3 is 0 Å². The molecule has 0 amide bonds. The molecule has 0 saturated heterocycles. The van der Waals surface area contributed by atoms with Crippen LogP contribution in [-0.4, -0.2) is 0 Å². The first-order valence-corrected chi connectivity index (χ1v) is 3.96. The van der Waals surface area contributed by atoms with E-state index in [2.05, 4.69) is 25.3 Å². The summed E-state index contributed by atoms with van der Waals surface area (Å²) in [6.07, 6.45) is 8.35. The van der Waals surface area contributed by atoms with Crippen LogP contribution in [0.2, 0.25) is 0 Å². The Labute approximate surface area is 76.0 Å². The molecular formula is C12H18. The highest BCUT2D eigenvalue weighted by atomic mass is 14.2. The molecule has 0 spiro atoms. The van der Waals surface area contributed by atoms with Gasteiger partial charge in [-0.1, -0.05) is 38.8 Å². The molecule has 1 aliphatic carbocycles. The van der Waals surface area contributed by atoms with Gasteiger partial charge in [0.25, 0.3) is 0 Å². The van der Waals surface area contributed by atoms with Gasteiger partial charge >= 0.3 is 0 Å². The number of allylic oxidation sites excluding steroid dienone is 6. The van der Waals surface area contributed by atoms with E-state index in [9.17, 15) is 0 Å². The van der Waals surface area contributed by atoms with Crippen LogP contribution >= 0.6 is 0 Å². The van der Waals surface area contributed by atoms with Gasteiger partial charge in [-0.3, -0.25) is 0 Å². The van der Waals surface area contributed by atoms with Crippen LogP contribution in [0.15, 0.2) is 48.1 Å². The first kappa shape index (κ1) is 11.0. The molecule has 0 radical (unpaired) electrons. The summed E-state index contributed by atoms with van der Waals surface area (Å²) in [7, 11) is 0. The molecule has 0 atom stereocenters. The van der Waals surface area contributed by atoms with Crippen molar-refractivity contribution in [3.8, 4) is 0 Å². The van der Waals surface area contributed by atoms with E-state index in [4.69, 9.17) is 0 Å². The molecule has 0 aromatic rings. The standard InChI is InChI=1S/C11H14.CH4/c1-4-6-10-8-7-9(3)11(10)5-2;/h4-6H,2-3,7-8H2,1H3;1H4/b6-4-;. The molecule has 0 N–H and O–H groups in total. The minimum absolute atomic E-state index is 0. The van der Waals surface area contributed by atoms with E-state index in [1.807, 2.05) is 13.0 Å². The van der Waals surface area contributed by atoms with Crippen LogP contribution in [0.4, 0.5) is 0 Å². The van der Waals surface area contributed by atoms with Crippen molar-refractivity contribution < 1.29 is 0 Å². The van der Waals surface area contributed by atoms with E-state index in [-0.39, 0.29) is 7.43 Å². The molecule has 12 heavy (non-hydrogen) atoms. The third kappa shape index (κ3) is 1.97. The van der Waals surface area contributed by atoms with E-state index in [0.29, 0.717) is 0 Å². The summed E-state index contributed by atoms with van der Waals surface area (Å²) in [4.78, 5) is 0. The molecule has 0 fully saturated rings. The van der Waals surface area contributed by atoms with Crippen LogP contribution in [-0.2, 0) is 0 Å². The second-order valence-corrected chi connectivity index (χ2v) is 2.75. The van der Waals surface area contributed by atoms with Crippen LogP contribution in [0.25, 0.3) is 0 Å². The Morgan fingerprint density at radius 2 is 2.00 bits per heavy atom. The lowest BCUT2D eigenvalue weighted by Gasteiger charge is -1.95. The van der Waals surface area contributed by atoms with Gasteiger partial charge in [-0.2, -0.15) is 0 Å². The van der Waals surface area contributed by atoms with Crippen molar-refractivity contribution in [1.82, 2.24) is 0 Å². The van der Waals surface area contributed by atoms with E-state index in [1.54, 1.807) is 0 Å². The van der Waals surface area contributed by atoms with Gasteiger partial charge in [-0.25, -0.2) is 0 Å². The lowest BCUT2D eigenvalue weighted by atomic mass is 10.1. The zero-order valence-electron chi connectivity index (χ0n) is 7.06. The normalized spacial score (nSPS) is 16.9. The Morgan fingerprint density at radius 1 is 1.33 bits per heavy atom. The average molecular weight is 162 g/mol. The predicted molar refractivity (Wildman–Crippen MR) is 57.1 cm³/mol. The molecule has 1 rings (SSSR count). The smallest absolute Gasteiger partial charge is 0.0204 e. The van der Waals surface area contributed by atoms with Crippen LogP contribution in [0, 0.1) is 0 Å². The second-order valence-electron chi connectivity index (χ2n) is 2.75. The van der Waals surface area contributed by atoms with Crippen molar-refractivity contribution in [3.05, 3.63) is 48.1 Å². The first-order chi connectivity index (χ1) is 5.29. The van der Waals surface area contributed by atoms with Crippen molar-refractivity contribution in [2.24, 2.45) is 0 Å². The van der Waals surface area contributed by atoms with Crippen LogP contribution in [0.5, 0.6) is 0 Å². The predicted octanol–water partition coefficient (Wildman–Crippen LogP) is 4.03. The molecule has 0 bridgehead atoms. The van der Waals surface area contributed by atoms with Crippen molar-refractivity contribution >= 4 is 0 Å². The Kier molecular flexibility index (Phi) is 4.35. The summed E-state index contributed by atoms with van der Waals surface area (Å²) in [5, 5.41) is 0. The monoisotopic (exact) mass is 162 g/mol. The maximum atomic E-state index is 3.98. The molecule has 0 saturated carbocycles. The van der Waals surface area contributed by atoms with Crippen molar-refractivity contribution in [1.29, 1.82) is 0 Å². The minimum atomic E-state index is 0. The second kappa shape index (κ2) is 4.76. The highest BCUT2D eigenvalue weighted by molar-refractivity contribution is 5.49. The highest BCUT2D eigenvalue weighted by Gasteiger charge is 2.12. The van der Waals surface area contributed by atoms with E-state index in [1.165, 1.54) is 16.7 Å². The van der Waals surface area contributed by atoms with E-state index >= 15 is 0 Å². The lowest BCUT2D eigenvalue weighted by molar-refractivity contribution is 1.03. The summed E-state index contributed by atoms with van der Waals surface area (Å²) in [6.45, 7) is 9.79. The molecule has 66 valence electrons. The van der Waals surface area contributed by atoms with Gasteiger partial charge in [-0.05, 0) is 36.5 Å². The Hall–Kier alpha value is -1.04. The van der Waals surface area contributed by atoms with Gasteiger partial charge in [0, 0.05) is 0 Å². The highest BCUT2D eigenvalue weighted by Crippen LogP contribution is 2.31. The topological polar surface area (TPSA) is 0 Å². The Bertz CT molecular complexity index is 239. The summed E-state index contributed by atoms with van der Waals surface area (Å²) >= 11 is 0. The van der Waals surface area contributed by atoms with E-state index in [0.717, 1.165) is 12.8 Å². The molecule has 0 aromatic carbocycles. The van der Waals surface area contributed by atoms with Crippen molar-refractivity contribution in [2.75, 3.05) is 0 Å². The fourth-order valence-corrected chi connectivity index (χ4v) is 1.43. The molecule has 0 aromatic heterocycles. The zero-order valence-corrected chi connectivity index (χ0v) is 7.06. The van der Waals surface area contributed by atoms with Crippen LogP contribution in [0.1, 0.15) is 27.2 Å². The molecular weight excluding hydrogens is 144 g/mol. The molecule has 0 aliphatic heterocycles. The summed E-state index contributed by atoms with van der Waals surface area (Å²) in [5.41, 5.74) is 3.86. The molecule has 0 unspecified atom stereocenters. The maximum absolute atomic E-state index is 3.98. The largest absolute Gasteiger partial charge is 0.0985 e. The van der Waals surface area contributed by atoms with Crippen LogP contribution in [0.3, 0.4) is 0 Å². The van der Waals surface area contributed by atoms with Gasteiger partial charge in [0.15, 0.2) is 0 Å². The number of hydrogen-bond acceptors (Lipinski definition) is 0. The summed E-state index contributed by atoms with van der Waals surface area (Å²) < 4.78 is 0. The van der Waals surface area contributed by atoms with Gasteiger partial charge in [0.05, 0.1) is 0 Å². The molecule has 0 heterocycles. The Morgan fingerprint density at radius 3 is 2.50 bits per heavy atom. The lowest BCUT2D eigenvalue weighted by Crippen LogP contribution is -1.76. The minimum Gasteiger partial charge on any atom is -0.0985 e. The summed E-state index contributed by atoms with van der Waals surface area (Å²) in [6, 6.07) is 0. The SMILES string of the molecule is C.C=CC1=C(/C=C\C)CCC1=C. The average Bonchev–Trinajstić information content (AvgIpc) is 2.33. The molecule has 1 aliphatic rings. The third-order valence-corrected chi connectivity index (χ3v) is 1.99. The van der Waals surface area contributed by atoms with Crippen LogP contribution < -0.4 is 0 Å². The maximum Gasteiger partial charge on any atom is -0.0204 e. The Balaban J connectivity index is 0.00000121. The fraction of sp³-hybridized carbons (Fsp3) is 0.333. The molecule has 0 nitrogen and oxygen atoms in total. The number of hydrogen-bond donors (Lipinski definition) is 0. The van der Waals surface area contributed by atoms with Crippen molar-refractivity contribution in [3.63, 3.8) is 0 Å².